The Kier molecular flexibility index (Phi) is 5.60. The molecule has 1 unspecified atom stereocenters. The van der Waals surface area contributed by atoms with Gasteiger partial charge < -0.3 is 15.0 Å². The number of ether oxygens (including phenoxy) is 1. The van der Waals surface area contributed by atoms with Crippen molar-refractivity contribution in [2.24, 2.45) is 0 Å². The summed E-state index contributed by atoms with van der Waals surface area (Å²) in [4.78, 5) is 22.9. The number of halogens is 2. The van der Waals surface area contributed by atoms with Crippen molar-refractivity contribution in [2.75, 3.05) is 23.9 Å². The average Bonchev–Trinajstić information content (AvgIpc) is 2.95. The predicted molar refractivity (Wildman–Crippen MR) is 102 cm³/mol. The van der Waals surface area contributed by atoms with Crippen LogP contribution >= 0.6 is 0 Å². The first-order chi connectivity index (χ1) is 13.2. The Balaban J connectivity index is 1.85. The van der Waals surface area contributed by atoms with Crippen LogP contribution in [0.3, 0.4) is 0 Å². The number of hydrogen-bond acceptors (Lipinski definition) is 5. The van der Waals surface area contributed by atoms with Crippen LogP contribution in [0.15, 0.2) is 24.3 Å². The van der Waals surface area contributed by atoms with Crippen LogP contribution in [-0.2, 0) is 21.6 Å². The number of rotatable bonds is 5. The molecule has 1 fully saturated rings. The lowest BCUT2D eigenvalue weighted by Gasteiger charge is -2.21. The largest absolute Gasteiger partial charge is 0.378 e. The van der Waals surface area contributed by atoms with Crippen LogP contribution in [0, 0.1) is 11.6 Å². The third-order valence-corrected chi connectivity index (χ3v) is 4.48. The Morgan fingerprint density at radius 3 is 2.54 bits per heavy atom. The van der Waals surface area contributed by atoms with Gasteiger partial charge in [-0.25, -0.2) is 18.7 Å². The van der Waals surface area contributed by atoms with Crippen LogP contribution < -0.4 is 10.2 Å². The summed E-state index contributed by atoms with van der Waals surface area (Å²) >= 11 is 0. The molecule has 0 spiro atoms. The molecule has 1 saturated heterocycles. The molecule has 0 bridgehead atoms. The zero-order chi connectivity index (χ0) is 20.5. The second kappa shape index (κ2) is 7.79. The van der Waals surface area contributed by atoms with Crippen molar-refractivity contribution < 1.29 is 18.3 Å². The molecule has 1 atom stereocenters. The third kappa shape index (κ3) is 4.11. The van der Waals surface area contributed by atoms with E-state index in [1.165, 1.54) is 6.07 Å². The minimum Gasteiger partial charge on any atom is -0.378 e. The molecule has 1 aromatic heterocycles. The first-order valence-corrected chi connectivity index (χ1v) is 9.10. The van der Waals surface area contributed by atoms with Crippen LogP contribution in [-0.4, -0.2) is 35.6 Å². The first-order valence-electron chi connectivity index (χ1n) is 9.10. The van der Waals surface area contributed by atoms with Crippen molar-refractivity contribution in [2.45, 2.75) is 45.3 Å². The lowest BCUT2D eigenvalue weighted by Crippen LogP contribution is -2.35. The zero-order valence-electron chi connectivity index (χ0n) is 16.4. The van der Waals surface area contributed by atoms with E-state index in [4.69, 9.17) is 4.74 Å². The smallest absolute Gasteiger partial charge is 0.249 e. The molecule has 0 aliphatic carbocycles. The molecule has 2 aromatic rings. The summed E-state index contributed by atoms with van der Waals surface area (Å²) in [5, 5.41) is 3.10. The van der Waals surface area contributed by atoms with E-state index in [2.05, 4.69) is 15.3 Å². The van der Waals surface area contributed by atoms with E-state index in [-0.39, 0.29) is 17.6 Å². The van der Waals surface area contributed by atoms with Gasteiger partial charge in [-0.15, -0.1) is 0 Å². The maximum atomic E-state index is 14.1. The van der Waals surface area contributed by atoms with E-state index < -0.39 is 23.6 Å². The SMILES string of the molecule is COCc1cc(NC2CCN(c3c(F)cccc3F)C2=O)nc(C(C)(C)C)n1. The fraction of sp³-hybridized carbons (Fsp3) is 0.450. The molecule has 150 valence electrons. The van der Waals surface area contributed by atoms with Gasteiger partial charge in [-0.1, -0.05) is 26.8 Å². The molecule has 1 aliphatic rings. The minimum absolute atomic E-state index is 0.219. The second-order valence-electron chi connectivity index (χ2n) is 7.80. The first kappa shape index (κ1) is 20.1. The van der Waals surface area contributed by atoms with Gasteiger partial charge in [0.25, 0.3) is 0 Å². The van der Waals surface area contributed by atoms with E-state index in [1.807, 2.05) is 20.8 Å². The highest BCUT2D eigenvalue weighted by Crippen LogP contribution is 2.29. The van der Waals surface area contributed by atoms with E-state index in [0.29, 0.717) is 30.4 Å². The normalized spacial score (nSPS) is 17.3. The summed E-state index contributed by atoms with van der Waals surface area (Å²) in [5.74, 6) is -0.803. The van der Waals surface area contributed by atoms with Gasteiger partial charge in [0.1, 0.15) is 35.0 Å². The molecule has 6 nitrogen and oxygen atoms in total. The standard InChI is InChI=1S/C20H24F2N4O2/c1-20(2,3)19-23-12(11-28-4)10-16(25-19)24-15-8-9-26(18(15)27)17-13(21)6-5-7-14(17)22/h5-7,10,15H,8-9,11H2,1-4H3,(H,23,24,25). The lowest BCUT2D eigenvalue weighted by molar-refractivity contribution is -0.117. The number of aromatic nitrogens is 2. The average molecular weight is 390 g/mol. The summed E-state index contributed by atoms with van der Waals surface area (Å²) in [5.41, 5.74) is 0.0877. The lowest BCUT2D eigenvalue weighted by atomic mass is 9.95. The molecule has 0 saturated carbocycles. The minimum atomic E-state index is -0.756. The van der Waals surface area contributed by atoms with Gasteiger partial charge in [-0.05, 0) is 18.6 Å². The highest BCUT2D eigenvalue weighted by atomic mass is 19.1. The third-order valence-electron chi connectivity index (χ3n) is 4.48. The number of nitrogens with one attached hydrogen (secondary N) is 1. The summed E-state index contributed by atoms with van der Waals surface area (Å²) in [6, 6.07) is 4.65. The van der Waals surface area contributed by atoms with Crippen molar-refractivity contribution >= 4 is 17.4 Å². The van der Waals surface area contributed by atoms with Crippen LogP contribution in [0.4, 0.5) is 20.3 Å². The van der Waals surface area contributed by atoms with Crippen LogP contribution in [0.5, 0.6) is 0 Å². The van der Waals surface area contributed by atoms with Gasteiger partial charge in [-0.2, -0.15) is 0 Å². The van der Waals surface area contributed by atoms with Crippen molar-refractivity contribution in [3.8, 4) is 0 Å². The molecule has 8 heteroatoms. The maximum absolute atomic E-state index is 14.1. The van der Waals surface area contributed by atoms with Crippen LogP contribution in [0.25, 0.3) is 0 Å². The number of nitrogens with zero attached hydrogens (tertiary/aromatic N) is 3. The Bertz CT molecular complexity index is 863. The zero-order valence-corrected chi connectivity index (χ0v) is 16.4. The highest BCUT2D eigenvalue weighted by Gasteiger charge is 2.35. The molecule has 28 heavy (non-hydrogen) atoms. The fourth-order valence-corrected chi connectivity index (χ4v) is 3.09. The fourth-order valence-electron chi connectivity index (χ4n) is 3.09. The molecule has 0 radical (unpaired) electrons. The van der Waals surface area contributed by atoms with Gasteiger partial charge in [0.2, 0.25) is 5.91 Å². The predicted octanol–water partition coefficient (Wildman–Crippen LogP) is 3.42. The number of benzene rings is 1. The molecule has 1 aliphatic heterocycles. The van der Waals surface area contributed by atoms with E-state index >= 15 is 0 Å². The molecule has 1 amide bonds. The van der Waals surface area contributed by atoms with Crippen molar-refractivity contribution in [3.05, 3.63) is 47.4 Å². The quantitative estimate of drug-likeness (QED) is 0.847. The molecular weight excluding hydrogens is 366 g/mol. The number of methoxy groups -OCH3 is 1. The summed E-state index contributed by atoms with van der Waals surface area (Å²) < 4.78 is 33.3. The number of carbonyl (C=O) groups excluding carboxylic acids is 1. The van der Waals surface area contributed by atoms with Gasteiger partial charge in [-0.3, -0.25) is 4.79 Å². The van der Waals surface area contributed by atoms with Crippen molar-refractivity contribution in [3.63, 3.8) is 0 Å². The molecule has 3 rings (SSSR count). The summed E-state index contributed by atoms with van der Waals surface area (Å²) in [7, 11) is 1.58. The monoisotopic (exact) mass is 390 g/mol. The van der Waals surface area contributed by atoms with E-state index in [0.717, 1.165) is 17.0 Å². The molecule has 1 aromatic carbocycles. The number of carbonyl (C=O) groups is 1. The molecular formula is C20H24F2N4O2. The van der Waals surface area contributed by atoms with Crippen molar-refractivity contribution in [1.29, 1.82) is 0 Å². The van der Waals surface area contributed by atoms with E-state index in [9.17, 15) is 13.6 Å². The van der Waals surface area contributed by atoms with Gasteiger partial charge in [0, 0.05) is 25.1 Å². The van der Waals surface area contributed by atoms with Gasteiger partial charge in [0.15, 0.2) is 0 Å². The van der Waals surface area contributed by atoms with E-state index in [1.54, 1.807) is 13.2 Å². The van der Waals surface area contributed by atoms with Gasteiger partial charge in [0.05, 0.1) is 12.3 Å². The summed E-state index contributed by atoms with van der Waals surface area (Å²) in [6.07, 6.45) is 0.404. The number of para-hydroxylation sites is 1. The Labute approximate surface area is 162 Å². The Hall–Kier alpha value is -2.61. The van der Waals surface area contributed by atoms with Crippen LogP contribution in [0.2, 0.25) is 0 Å². The number of anilines is 2. The molecule has 1 N–H and O–H groups in total. The Morgan fingerprint density at radius 1 is 1.25 bits per heavy atom. The number of hydrogen-bond donors (Lipinski definition) is 1. The van der Waals surface area contributed by atoms with Crippen LogP contribution in [0.1, 0.15) is 38.7 Å². The van der Waals surface area contributed by atoms with Gasteiger partial charge >= 0.3 is 0 Å². The second-order valence-corrected chi connectivity index (χ2v) is 7.80. The highest BCUT2D eigenvalue weighted by molar-refractivity contribution is 6.01. The maximum Gasteiger partial charge on any atom is 0.249 e. The Morgan fingerprint density at radius 2 is 1.93 bits per heavy atom. The topological polar surface area (TPSA) is 67.3 Å². The van der Waals surface area contributed by atoms with Crippen molar-refractivity contribution in [1.82, 2.24) is 9.97 Å². The number of amides is 1. The summed E-state index contributed by atoms with van der Waals surface area (Å²) in [6.45, 7) is 6.51. The molecule has 2 heterocycles.